The summed E-state index contributed by atoms with van der Waals surface area (Å²) in [5, 5.41) is 19.3. The van der Waals surface area contributed by atoms with Crippen LogP contribution in [0.1, 0.15) is 41.5 Å². The first kappa shape index (κ1) is 15.5. The molecule has 126 valence electrons. The monoisotopic (exact) mass is 323 g/mol. The summed E-state index contributed by atoms with van der Waals surface area (Å²) in [5.41, 5.74) is 7.67. The molecular weight excluding hydrogens is 298 g/mol. The second kappa shape index (κ2) is 5.52. The van der Waals surface area contributed by atoms with Crippen molar-refractivity contribution >= 4 is 11.4 Å². The third-order valence-corrected chi connectivity index (χ3v) is 6.13. The molecule has 1 saturated carbocycles. The summed E-state index contributed by atoms with van der Waals surface area (Å²) in [6.45, 7) is 5.42. The first-order valence-electron chi connectivity index (χ1n) is 8.82. The van der Waals surface area contributed by atoms with E-state index in [0.29, 0.717) is 11.2 Å². The molecule has 2 N–H and O–H groups in total. The van der Waals surface area contributed by atoms with Crippen molar-refractivity contribution in [1.82, 2.24) is 0 Å². The maximum absolute atomic E-state index is 9.72. The molecular formula is C21H25NO2. The van der Waals surface area contributed by atoms with Crippen LogP contribution in [0.15, 0.2) is 30.3 Å². The van der Waals surface area contributed by atoms with E-state index in [0.717, 1.165) is 24.2 Å². The summed E-state index contributed by atoms with van der Waals surface area (Å²) in [7, 11) is 0. The first-order chi connectivity index (χ1) is 11.5. The van der Waals surface area contributed by atoms with Crippen LogP contribution in [0.25, 0.3) is 0 Å². The fraction of sp³-hybridized carbons (Fsp3) is 0.429. The van der Waals surface area contributed by atoms with Crippen LogP contribution < -0.4 is 4.90 Å². The summed E-state index contributed by atoms with van der Waals surface area (Å²) >= 11 is 0. The number of aromatic hydroxyl groups is 1. The van der Waals surface area contributed by atoms with Crippen LogP contribution in [-0.4, -0.2) is 16.8 Å². The molecule has 0 unspecified atom stereocenters. The third kappa shape index (κ3) is 2.30. The second-order valence-electron chi connectivity index (χ2n) is 7.58. The molecule has 1 aliphatic carbocycles. The molecule has 1 aliphatic heterocycles. The first-order valence-corrected chi connectivity index (χ1v) is 8.82. The Kier molecular flexibility index (Phi) is 3.57. The molecule has 2 aromatic rings. The van der Waals surface area contributed by atoms with Crippen molar-refractivity contribution in [2.75, 3.05) is 11.4 Å². The fourth-order valence-corrected chi connectivity index (χ4v) is 4.46. The van der Waals surface area contributed by atoms with Crippen LogP contribution >= 0.6 is 0 Å². The summed E-state index contributed by atoms with van der Waals surface area (Å²) in [5.74, 6) is 0.304. The zero-order valence-corrected chi connectivity index (χ0v) is 14.5. The number of rotatable bonds is 2. The fourth-order valence-electron chi connectivity index (χ4n) is 4.46. The molecule has 4 rings (SSSR count). The van der Waals surface area contributed by atoms with Gasteiger partial charge in [-0.3, -0.25) is 0 Å². The lowest BCUT2D eigenvalue weighted by Crippen LogP contribution is -2.46. The lowest BCUT2D eigenvalue weighted by atomic mass is 9.63. The third-order valence-electron chi connectivity index (χ3n) is 6.13. The molecule has 0 atom stereocenters. The Labute approximate surface area is 143 Å². The van der Waals surface area contributed by atoms with Gasteiger partial charge in [0.05, 0.1) is 6.61 Å². The largest absolute Gasteiger partial charge is 0.508 e. The van der Waals surface area contributed by atoms with Gasteiger partial charge in [0.1, 0.15) is 5.75 Å². The van der Waals surface area contributed by atoms with E-state index in [-0.39, 0.29) is 6.61 Å². The van der Waals surface area contributed by atoms with Crippen LogP contribution in [0.2, 0.25) is 0 Å². The van der Waals surface area contributed by atoms with Gasteiger partial charge in [0.2, 0.25) is 0 Å². The van der Waals surface area contributed by atoms with Crippen molar-refractivity contribution in [2.24, 2.45) is 5.41 Å². The number of hydrogen-bond donors (Lipinski definition) is 2. The highest BCUT2D eigenvalue weighted by Crippen LogP contribution is 2.52. The van der Waals surface area contributed by atoms with Gasteiger partial charge in [0.15, 0.2) is 0 Å². The van der Waals surface area contributed by atoms with Gasteiger partial charge < -0.3 is 15.1 Å². The van der Waals surface area contributed by atoms with E-state index in [1.54, 1.807) is 12.1 Å². The quantitative estimate of drug-likeness (QED) is 0.863. The number of hydrogen-bond acceptors (Lipinski definition) is 3. The molecule has 24 heavy (non-hydrogen) atoms. The molecule has 0 saturated heterocycles. The Morgan fingerprint density at radius 2 is 1.79 bits per heavy atom. The van der Waals surface area contributed by atoms with Crippen LogP contribution in [0.4, 0.5) is 11.4 Å². The molecule has 0 amide bonds. The number of aliphatic hydroxyl groups is 1. The van der Waals surface area contributed by atoms with Crippen molar-refractivity contribution in [2.45, 2.75) is 46.1 Å². The molecule has 0 aromatic heterocycles. The second-order valence-corrected chi connectivity index (χ2v) is 7.58. The molecule has 1 fully saturated rings. The average molecular weight is 323 g/mol. The number of phenolic OH excluding ortho intramolecular Hbond substituents is 1. The predicted molar refractivity (Wildman–Crippen MR) is 96.9 cm³/mol. The number of anilines is 2. The molecule has 3 nitrogen and oxygen atoms in total. The van der Waals surface area contributed by atoms with Gasteiger partial charge in [0, 0.05) is 17.9 Å². The minimum Gasteiger partial charge on any atom is -0.508 e. The van der Waals surface area contributed by atoms with E-state index in [1.165, 1.54) is 41.6 Å². The van der Waals surface area contributed by atoms with E-state index in [9.17, 15) is 10.2 Å². The molecule has 2 aromatic carbocycles. The van der Waals surface area contributed by atoms with Crippen molar-refractivity contribution < 1.29 is 10.2 Å². The highest BCUT2D eigenvalue weighted by atomic mass is 16.3. The van der Waals surface area contributed by atoms with Crippen LogP contribution in [0, 0.1) is 19.3 Å². The summed E-state index contributed by atoms with van der Waals surface area (Å²) in [6, 6.07) is 9.75. The van der Waals surface area contributed by atoms with Gasteiger partial charge in [-0.15, -0.1) is 0 Å². The van der Waals surface area contributed by atoms with Gasteiger partial charge >= 0.3 is 0 Å². The van der Waals surface area contributed by atoms with E-state index < -0.39 is 0 Å². The summed E-state index contributed by atoms with van der Waals surface area (Å²) in [6.07, 6.45) is 4.99. The zero-order chi connectivity index (χ0) is 16.9. The number of phenols is 1. The molecule has 0 radical (unpaired) electrons. The normalized spacial score (nSPS) is 18.4. The number of nitrogens with zero attached hydrogens (tertiary/aromatic N) is 1. The number of benzene rings is 2. The smallest absolute Gasteiger partial charge is 0.115 e. The molecule has 1 heterocycles. The zero-order valence-electron chi connectivity index (χ0n) is 14.5. The Balaban J connectivity index is 1.88. The van der Waals surface area contributed by atoms with Gasteiger partial charge in [-0.05, 0) is 85.0 Å². The van der Waals surface area contributed by atoms with Crippen LogP contribution in [0.3, 0.4) is 0 Å². The topological polar surface area (TPSA) is 43.7 Å². The van der Waals surface area contributed by atoms with Gasteiger partial charge in [-0.25, -0.2) is 0 Å². The van der Waals surface area contributed by atoms with E-state index >= 15 is 0 Å². The molecule has 1 spiro atoms. The lowest BCUT2D eigenvalue weighted by molar-refractivity contribution is 0.138. The molecule has 3 heteroatoms. The van der Waals surface area contributed by atoms with Crippen LogP contribution in [-0.2, 0) is 13.0 Å². The Morgan fingerprint density at radius 3 is 2.38 bits per heavy atom. The van der Waals surface area contributed by atoms with Crippen LogP contribution in [0.5, 0.6) is 5.75 Å². The minimum absolute atomic E-state index is 0.103. The van der Waals surface area contributed by atoms with Crippen molar-refractivity contribution in [3.8, 4) is 5.75 Å². The maximum atomic E-state index is 9.72. The molecule has 2 aliphatic rings. The van der Waals surface area contributed by atoms with Gasteiger partial charge in [0.25, 0.3) is 0 Å². The van der Waals surface area contributed by atoms with Crippen molar-refractivity contribution in [3.05, 3.63) is 52.6 Å². The lowest BCUT2D eigenvalue weighted by Gasteiger charge is -2.51. The predicted octanol–water partition coefficient (Wildman–Crippen LogP) is 4.37. The van der Waals surface area contributed by atoms with E-state index in [2.05, 4.69) is 24.8 Å². The summed E-state index contributed by atoms with van der Waals surface area (Å²) < 4.78 is 0. The molecule has 0 bridgehead atoms. The Morgan fingerprint density at radius 1 is 1.08 bits per heavy atom. The van der Waals surface area contributed by atoms with Gasteiger partial charge in [-0.2, -0.15) is 0 Å². The van der Waals surface area contributed by atoms with Gasteiger partial charge in [-0.1, -0.05) is 12.5 Å². The number of fused-ring (bicyclic) bond motifs is 1. The summed E-state index contributed by atoms with van der Waals surface area (Å²) in [4.78, 5) is 2.43. The highest BCUT2D eigenvalue weighted by molar-refractivity contribution is 5.74. The Bertz CT molecular complexity index is 775. The average Bonchev–Trinajstić information content (AvgIpc) is 2.56. The highest BCUT2D eigenvalue weighted by Gasteiger charge is 2.43. The van der Waals surface area contributed by atoms with E-state index in [1.807, 2.05) is 12.1 Å². The SMILES string of the molecule is Cc1c(CO)cc2c(c1C)N(c1ccc(O)cc1)CC1(CCC1)C2. The number of aliphatic hydroxyl groups excluding tert-OH is 1. The standard InChI is InChI=1S/C21H25NO2/c1-14-15(2)20-16(10-17(14)12-23)11-21(8-3-9-21)13-22(20)18-4-6-19(24)7-5-18/h4-7,10,23-24H,3,8-9,11-13H2,1-2H3. The van der Waals surface area contributed by atoms with Crippen molar-refractivity contribution in [1.29, 1.82) is 0 Å². The maximum Gasteiger partial charge on any atom is 0.115 e. The van der Waals surface area contributed by atoms with E-state index in [4.69, 9.17) is 0 Å². The van der Waals surface area contributed by atoms with Crippen molar-refractivity contribution in [3.63, 3.8) is 0 Å². The minimum atomic E-state index is 0.103. The Hall–Kier alpha value is -2.00.